The zero-order valence-corrected chi connectivity index (χ0v) is 15.9. The van der Waals surface area contributed by atoms with E-state index in [1.165, 1.54) is 3.57 Å². The Morgan fingerprint density at radius 3 is 2.14 bits per heavy atom. The first kappa shape index (κ1) is 18.7. The third-order valence-corrected chi connectivity index (χ3v) is 6.04. The third-order valence-electron chi connectivity index (χ3n) is 3.13. The Morgan fingerprint density at radius 1 is 1.00 bits per heavy atom. The van der Waals surface area contributed by atoms with Crippen LogP contribution in [0.5, 0.6) is 0 Å². The molecular formula is C15H25IN2O2S. The zero-order valence-electron chi connectivity index (χ0n) is 12.9. The van der Waals surface area contributed by atoms with Crippen molar-refractivity contribution in [2.24, 2.45) is 0 Å². The first-order valence-corrected chi connectivity index (χ1v) is 9.77. The lowest BCUT2D eigenvalue weighted by atomic mass is 10.2. The number of hydrogen-bond donors (Lipinski definition) is 2. The molecule has 1 rings (SSSR count). The number of anilines is 1. The van der Waals surface area contributed by atoms with Crippen LogP contribution in [0.3, 0.4) is 0 Å². The van der Waals surface area contributed by atoms with Crippen molar-refractivity contribution >= 4 is 38.3 Å². The van der Waals surface area contributed by atoms with Crippen molar-refractivity contribution in [2.75, 3.05) is 18.4 Å². The molecule has 21 heavy (non-hydrogen) atoms. The molecule has 0 unspecified atom stereocenters. The van der Waals surface area contributed by atoms with E-state index in [2.05, 4.69) is 56.9 Å². The molecule has 0 aliphatic carbocycles. The molecule has 0 atom stereocenters. The van der Waals surface area contributed by atoms with E-state index in [1.807, 2.05) is 0 Å². The van der Waals surface area contributed by atoms with E-state index in [0.29, 0.717) is 6.54 Å². The van der Waals surface area contributed by atoms with Crippen molar-refractivity contribution in [1.82, 2.24) is 4.72 Å². The summed E-state index contributed by atoms with van der Waals surface area (Å²) >= 11 is 2.28. The molecule has 0 radical (unpaired) electrons. The van der Waals surface area contributed by atoms with Crippen LogP contribution in [0.25, 0.3) is 0 Å². The van der Waals surface area contributed by atoms with Crippen LogP contribution >= 0.6 is 22.6 Å². The zero-order chi connectivity index (χ0) is 15.9. The smallest absolute Gasteiger partial charge is 0.216 e. The minimum atomic E-state index is -3.20. The molecule has 0 aliphatic heterocycles. The second-order valence-corrected chi connectivity index (χ2v) is 9.77. The highest BCUT2D eigenvalue weighted by atomic mass is 127. The van der Waals surface area contributed by atoms with Crippen LogP contribution in [0.1, 0.15) is 40.0 Å². The van der Waals surface area contributed by atoms with Crippen LogP contribution in [0, 0.1) is 3.57 Å². The molecule has 120 valence electrons. The van der Waals surface area contributed by atoms with Crippen LogP contribution < -0.4 is 10.0 Å². The van der Waals surface area contributed by atoms with Crippen molar-refractivity contribution in [3.8, 4) is 0 Å². The van der Waals surface area contributed by atoms with Gasteiger partial charge >= 0.3 is 0 Å². The number of nitrogens with one attached hydrogen (secondary N) is 2. The largest absolute Gasteiger partial charge is 0.385 e. The fraction of sp³-hybridized carbons (Fsp3) is 0.600. The monoisotopic (exact) mass is 424 g/mol. The fourth-order valence-electron chi connectivity index (χ4n) is 1.65. The normalized spacial score (nSPS) is 12.4. The number of sulfonamides is 1. The Labute approximate surface area is 142 Å². The summed E-state index contributed by atoms with van der Waals surface area (Å²) in [5.74, 6) is 0. The standard InChI is InChI=1S/C15H25IN2O2S/c1-15(2,3)21(19,20)18-12-6-4-5-11-17-14-9-7-13(16)8-10-14/h7-10,17-18H,4-6,11-12H2,1-3H3. The molecule has 0 saturated heterocycles. The van der Waals surface area contributed by atoms with Gasteiger partial charge in [0.25, 0.3) is 0 Å². The van der Waals surface area contributed by atoms with Gasteiger partial charge in [-0.05, 0) is 80.5 Å². The maximum Gasteiger partial charge on any atom is 0.216 e. The molecule has 0 bridgehead atoms. The average molecular weight is 424 g/mol. The second-order valence-electron chi connectivity index (χ2n) is 6.00. The molecule has 0 aromatic heterocycles. The number of unbranched alkanes of at least 4 members (excludes halogenated alkanes) is 2. The van der Waals surface area contributed by atoms with Crippen molar-refractivity contribution in [3.63, 3.8) is 0 Å². The highest BCUT2D eigenvalue weighted by Gasteiger charge is 2.27. The van der Waals surface area contributed by atoms with Gasteiger partial charge in [0.15, 0.2) is 0 Å². The van der Waals surface area contributed by atoms with Crippen LogP contribution in [0.15, 0.2) is 24.3 Å². The molecule has 0 fully saturated rings. The lowest BCUT2D eigenvalue weighted by molar-refractivity contribution is 0.540. The predicted octanol–water partition coefficient (Wildman–Crippen LogP) is 3.59. The van der Waals surface area contributed by atoms with Gasteiger partial charge < -0.3 is 5.32 Å². The van der Waals surface area contributed by atoms with E-state index >= 15 is 0 Å². The number of halogens is 1. The van der Waals surface area contributed by atoms with E-state index < -0.39 is 14.8 Å². The number of rotatable bonds is 8. The van der Waals surface area contributed by atoms with Gasteiger partial charge in [-0.3, -0.25) is 0 Å². The molecule has 6 heteroatoms. The third kappa shape index (κ3) is 6.97. The van der Waals surface area contributed by atoms with Crippen LogP contribution in [0.4, 0.5) is 5.69 Å². The van der Waals surface area contributed by atoms with Crippen molar-refractivity contribution in [2.45, 2.75) is 44.8 Å². The van der Waals surface area contributed by atoms with Gasteiger partial charge in [-0.25, -0.2) is 13.1 Å². The summed E-state index contributed by atoms with van der Waals surface area (Å²) in [5, 5.41) is 3.36. The molecule has 0 heterocycles. The molecule has 1 aromatic rings. The fourth-order valence-corrected chi connectivity index (χ4v) is 2.86. The summed E-state index contributed by atoms with van der Waals surface area (Å²) in [4.78, 5) is 0. The summed E-state index contributed by atoms with van der Waals surface area (Å²) in [6.07, 6.45) is 2.90. The Balaban J connectivity index is 2.12. The maximum absolute atomic E-state index is 11.8. The maximum atomic E-state index is 11.8. The van der Waals surface area contributed by atoms with E-state index in [-0.39, 0.29) is 0 Å². The summed E-state index contributed by atoms with van der Waals surface area (Å²) in [7, 11) is -3.20. The Morgan fingerprint density at radius 2 is 1.57 bits per heavy atom. The molecule has 0 spiro atoms. The lowest BCUT2D eigenvalue weighted by Crippen LogP contribution is -2.39. The Hall–Kier alpha value is -0.340. The van der Waals surface area contributed by atoms with Crippen LogP contribution in [-0.2, 0) is 10.0 Å². The van der Waals surface area contributed by atoms with Crippen LogP contribution in [0.2, 0.25) is 0 Å². The van der Waals surface area contributed by atoms with E-state index in [4.69, 9.17) is 0 Å². The van der Waals surface area contributed by atoms with Gasteiger partial charge in [-0.2, -0.15) is 0 Å². The van der Waals surface area contributed by atoms with Gasteiger partial charge in [0.1, 0.15) is 0 Å². The summed E-state index contributed by atoms with van der Waals surface area (Å²) in [6, 6.07) is 8.28. The molecule has 0 saturated carbocycles. The average Bonchev–Trinajstić information content (AvgIpc) is 2.38. The van der Waals surface area contributed by atoms with Gasteiger partial charge in [0.05, 0.1) is 4.75 Å². The van der Waals surface area contributed by atoms with E-state index in [9.17, 15) is 8.42 Å². The van der Waals surface area contributed by atoms with E-state index in [1.54, 1.807) is 20.8 Å². The first-order chi connectivity index (χ1) is 9.72. The number of benzene rings is 1. The summed E-state index contributed by atoms with van der Waals surface area (Å²) in [5.41, 5.74) is 1.13. The van der Waals surface area contributed by atoms with Crippen molar-refractivity contribution < 1.29 is 8.42 Å². The van der Waals surface area contributed by atoms with E-state index in [0.717, 1.165) is 31.5 Å². The molecule has 0 aliphatic rings. The summed E-state index contributed by atoms with van der Waals surface area (Å²) < 4.78 is 26.8. The highest BCUT2D eigenvalue weighted by Crippen LogP contribution is 2.13. The quantitative estimate of drug-likeness (QED) is 0.496. The van der Waals surface area contributed by atoms with Crippen molar-refractivity contribution in [1.29, 1.82) is 0 Å². The van der Waals surface area contributed by atoms with Crippen LogP contribution in [-0.4, -0.2) is 26.3 Å². The molecule has 2 N–H and O–H groups in total. The summed E-state index contributed by atoms with van der Waals surface area (Å²) in [6.45, 7) is 6.55. The topological polar surface area (TPSA) is 58.2 Å². The molecule has 1 aromatic carbocycles. The lowest BCUT2D eigenvalue weighted by Gasteiger charge is -2.19. The highest BCUT2D eigenvalue weighted by molar-refractivity contribution is 14.1. The Kier molecular flexibility index (Phi) is 7.42. The second kappa shape index (κ2) is 8.33. The van der Waals surface area contributed by atoms with Gasteiger partial charge in [-0.15, -0.1) is 0 Å². The van der Waals surface area contributed by atoms with Gasteiger partial charge in [-0.1, -0.05) is 6.42 Å². The SMILES string of the molecule is CC(C)(C)S(=O)(=O)NCCCCCNc1ccc(I)cc1. The number of hydrogen-bond acceptors (Lipinski definition) is 3. The molecule has 0 amide bonds. The molecule has 4 nitrogen and oxygen atoms in total. The minimum Gasteiger partial charge on any atom is -0.385 e. The Bertz CT molecular complexity index is 522. The predicted molar refractivity (Wildman–Crippen MR) is 98.2 cm³/mol. The minimum absolute atomic E-state index is 0.517. The molecular weight excluding hydrogens is 399 g/mol. The van der Waals surface area contributed by atoms with Gasteiger partial charge in [0, 0.05) is 22.3 Å². The first-order valence-electron chi connectivity index (χ1n) is 7.21. The van der Waals surface area contributed by atoms with Gasteiger partial charge in [0.2, 0.25) is 10.0 Å². The van der Waals surface area contributed by atoms with Crippen molar-refractivity contribution in [3.05, 3.63) is 27.8 Å².